The summed E-state index contributed by atoms with van der Waals surface area (Å²) in [6.07, 6.45) is 2.07. The molecule has 82 valence electrons. The lowest BCUT2D eigenvalue weighted by molar-refractivity contribution is -0.384. The van der Waals surface area contributed by atoms with Gasteiger partial charge in [-0.3, -0.25) is 10.1 Å². The second-order valence-corrected chi connectivity index (χ2v) is 3.61. The Morgan fingerprint density at radius 1 is 1.40 bits per heavy atom. The van der Waals surface area contributed by atoms with Crippen LogP contribution in [0.5, 0.6) is 0 Å². The number of non-ortho nitro benzene ring substituents is 1. The molecule has 0 heterocycles. The molecule has 0 aliphatic carbocycles. The van der Waals surface area contributed by atoms with Crippen LogP contribution in [0.4, 0.5) is 11.4 Å². The van der Waals surface area contributed by atoms with Gasteiger partial charge in [0.25, 0.3) is 5.69 Å². The van der Waals surface area contributed by atoms with Crippen LogP contribution in [0.2, 0.25) is 0 Å². The Balaban J connectivity index is 2.47. The Hall–Kier alpha value is -1.23. The number of hydrogen-bond donors (Lipinski definition) is 2. The van der Waals surface area contributed by atoms with Crippen LogP contribution in [0.25, 0.3) is 0 Å². The van der Waals surface area contributed by atoms with Crippen LogP contribution in [0, 0.1) is 10.1 Å². The maximum absolute atomic E-state index is 10.5. The third-order valence-corrected chi connectivity index (χ3v) is 2.29. The fraction of sp³-hybridized carbons (Fsp3) is 0.400. The molecule has 0 aliphatic rings. The number of nitro benzene ring substituents is 1. The number of rotatable bonds is 6. The summed E-state index contributed by atoms with van der Waals surface area (Å²) in [4.78, 5) is 10.1. The number of nitro groups is 1. The summed E-state index contributed by atoms with van der Waals surface area (Å²) in [5.41, 5.74) is 0.914. The largest absolute Gasteiger partial charge is 0.385 e. The van der Waals surface area contributed by atoms with E-state index >= 15 is 0 Å². The van der Waals surface area contributed by atoms with E-state index in [1.165, 1.54) is 6.07 Å². The fourth-order valence-electron chi connectivity index (χ4n) is 1.20. The van der Waals surface area contributed by atoms with Crippen molar-refractivity contribution in [1.29, 1.82) is 0 Å². The Kier molecular flexibility index (Phi) is 4.97. The minimum atomic E-state index is -0.390. The molecule has 5 heteroatoms. The number of anilines is 1. The topological polar surface area (TPSA) is 55.2 Å². The predicted octanol–water partition coefficient (Wildman–Crippen LogP) is 2.72. The summed E-state index contributed by atoms with van der Waals surface area (Å²) in [5.74, 6) is 0.872. The van der Waals surface area contributed by atoms with Crippen LogP contribution in [0.15, 0.2) is 24.3 Å². The molecule has 0 unspecified atom stereocenters. The number of thiol groups is 1. The lowest BCUT2D eigenvalue weighted by Gasteiger charge is -2.04. The van der Waals surface area contributed by atoms with E-state index in [9.17, 15) is 10.1 Å². The number of benzene rings is 1. The highest BCUT2D eigenvalue weighted by atomic mass is 32.1. The standard InChI is InChI=1S/C10H14N2O2S/c13-12(14)10-5-3-4-9(8-10)11-6-1-2-7-15/h3-5,8,11,15H,1-2,6-7H2. The summed E-state index contributed by atoms with van der Waals surface area (Å²) in [5, 5.41) is 13.6. The molecule has 0 fully saturated rings. The van der Waals surface area contributed by atoms with E-state index in [1.54, 1.807) is 12.1 Å². The first-order valence-corrected chi connectivity index (χ1v) is 5.46. The van der Waals surface area contributed by atoms with Gasteiger partial charge in [0.2, 0.25) is 0 Å². The molecule has 1 aromatic rings. The van der Waals surface area contributed by atoms with E-state index in [0.717, 1.165) is 30.8 Å². The molecular formula is C10H14N2O2S. The van der Waals surface area contributed by atoms with E-state index < -0.39 is 0 Å². The average molecular weight is 226 g/mol. The summed E-state index contributed by atoms with van der Waals surface area (Å²) < 4.78 is 0. The molecule has 0 bridgehead atoms. The zero-order valence-corrected chi connectivity index (χ0v) is 9.24. The molecule has 1 N–H and O–H groups in total. The van der Waals surface area contributed by atoms with Crippen LogP contribution in [0.1, 0.15) is 12.8 Å². The Bertz CT molecular complexity index is 331. The molecular weight excluding hydrogens is 212 g/mol. The molecule has 0 aliphatic heterocycles. The molecule has 0 atom stereocenters. The van der Waals surface area contributed by atoms with Gasteiger partial charge < -0.3 is 5.32 Å². The van der Waals surface area contributed by atoms with Gasteiger partial charge in [-0.05, 0) is 24.7 Å². The van der Waals surface area contributed by atoms with Gasteiger partial charge in [0.05, 0.1) is 4.92 Å². The van der Waals surface area contributed by atoms with Gasteiger partial charge in [-0.25, -0.2) is 0 Å². The highest BCUT2D eigenvalue weighted by molar-refractivity contribution is 7.80. The Labute approximate surface area is 94.2 Å². The summed E-state index contributed by atoms with van der Waals surface area (Å²) in [7, 11) is 0. The van der Waals surface area contributed by atoms with E-state index in [1.807, 2.05) is 6.07 Å². The molecule has 0 saturated heterocycles. The SMILES string of the molecule is O=[N+]([O-])c1cccc(NCCCCS)c1. The number of nitrogens with zero attached hydrogens (tertiary/aromatic N) is 1. The smallest absolute Gasteiger partial charge is 0.271 e. The van der Waals surface area contributed by atoms with Crippen LogP contribution in [0.3, 0.4) is 0 Å². The first kappa shape index (κ1) is 11.8. The van der Waals surface area contributed by atoms with Crippen LogP contribution >= 0.6 is 12.6 Å². The number of unbranched alkanes of at least 4 members (excludes halogenated alkanes) is 1. The van der Waals surface area contributed by atoms with Crippen molar-refractivity contribution in [3.8, 4) is 0 Å². The highest BCUT2D eigenvalue weighted by Crippen LogP contribution is 2.16. The second-order valence-electron chi connectivity index (χ2n) is 3.16. The van der Waals surface area contributed by atoms with Crippen molar-refractivity contribution in [3.05, 3.63) is 34.4 Å². The van der Waals surface area contributed by atoms with E-state index in [4.69, 9.17) is 0 Å². The molecule has 15 heavy (non-hydrogen) atoms. The van der Waals surface area contributed by atoms with E-state index in [2.05, 4.69) is 17.9 Å². The van der Waals surface area contributed by atoms with Crippen LogP contribution < -0.4 is 5.32 Å². The van der Waals surface area contributed by atoms with Crippen molar-refractivity contribution >= 4 is 24.0 Å². The highest BCUT2D eigenvalue weighted by Gasteiger charge is 2.04. The second kappa shape index (κ2) is 6.29. The van der Waals surface area contributed by atoms with Crippen molar-refractivity contribution in [2.24, 2.45) is 0 Å². The van der Waals surface area contributed by atoms with Gasteiger partial charge in [0.15, 0.2) is 0 Å². The van der Waals surface area contributed by atoms with Crippen molar-refractivity contribution in [1.82, 2.24) is 0 Å². The predicted molar refractivity (Wildman–Crippen MR) is 64.7 cm³/mol. The molecule has 4 nitrogen and oxygen atoms in total. The zero-order chi connectivity index (χ0) is 11.1. The summed E-state index contributed by atoms with van der Waals surface area (Å²) >= 11 is 4.11. The van der Waals surface area contributed by atoms with Crippen molar-refractivity contribution in [3.63, 3.8) is 0 Å². The minimum Gasteiger partial charge on any atom is -0.385 e. The molecule has 0 amide bonds. The number of nitrogens with one attached hydrogen (secondary N) is 1. The fourth-order valence-corrected chi connectivity index (χ4v) is 1.42. The Morgan fingerprint density at radius 2 is 2.20 bits per heavy atom. The first-order chi connectivity index (χ1) is 7.24. The molecule has 0 aromatic heterocycles. The van der Waals surface area contributed by atoms with Gasteiger partial charge in [-0.15, -0.1) is 0 Å². The van der Waals surface area contributed by atoms with E-state index in [-0.39, 0.29) is 10.6 Å². The minimum absolute atomic E-state index is 0.120. The third-order valence-electron chi connectivity index (χ3n) is 1.97. The summed E-state index contributed by atoms with van der Waals surface area (Å²) in [6.45, 7) is 0.821. The molecule has 1 aromatic carbocycles. The lowest BCUT2D eigenvalue weighted by atomic mass is 10.2. The summed E-state index contributed by atoms with van der Waals surface area (Å²) in [6, 6.07) is 6.53. The van der Waals surface area contributed by atoms with Crippen molar-refractivity contribution in [2.45, 2.75) is 12.8 Å². The monoisotopic (exact) mass is 226 g/mol. The van der Waals surface area contributed by atoms with Gasteiger partial charge in [-0.1, -0.05) is 6.07 Å². The van der Waals surface area contributed by atoms with Gasteiger partial charge >= 0.3 is 0 Å². The lowest BCUT2D eigenvalue weighted by Crippen LogP contribution is -2.01. The Morgan fingerprint density at radius 3 is 2.87 bits per heavy atom. The third kappa shape index (κ3) is 4.20. The molecule has 0 radical (unpaired) electrons. The van der Waals surface area contributed by atoms with E-state index in [0.29, 0.717) is 0 Å². The van der Waals surface area contributed by atoms with Crippen molar-refractivity contribution < 1.29 is 4.92 Å². The molecule has 1 rings (SSSR count). The van der Waals surface area contributed by atoms with Crippen LogP contribution in [-0.4, -0.2) is 17.2 Å². The van der Waals surface area contributed by atoms with Crippen LogP contribution in [-0.2, 0) is 0 Å². The maximum Gasteiger partial charge on any atom is 0.271 e. The van der Waals surface area contributed by atoms with Crippen molar-refractivity contribution in [2.75, 3.05) is 17.6 Å². The normalized spacial score (nSPS) is 9.93. The average Bonchev–Trinajstić information content (AvgIpc) is 2.25. The number of hydrogen-bond acceptors (Lipinski definition) is 4. The van der Waals surface area contributed by atoms with Gasteiger partial charge in [-0.2, -0.15) is 12.6 Å². The van der Waals surface area contributed by atoms with Gasteiger partial charge in [0.1, 0.15) is 0 Å². The van der Waals surface area contributed by atoms with Gasteiger partial charge in [0, 0.05) is 24.4 Å². The quantitative estimate of drug-likeness (QED) is 0.339. The molecule has 0 saturated carbocycles. The zero-order valence-electron chi connectivity index (χ0n) is 8.35. The first-order valence-electron chi connectivity index (χ1n) is 4.83. The maximum atomic E-state index is 10.5. The molecule has 0 spiro atoms.